The molecule has 0 aliphatic carbocycles. The SMILES string of the molecule is NC(=O)CCN(Cc1ccccc1)C(=O)NCC(F)(F)F. The van der Waals surface area contributed by atoms with E-state index in [9.17, 15) is 22.8 Å². The van der Waals surface area contributed by atoms with Gasteiger partial charge in [0.2, 0.25) is 5.91 Å². The number of benzene rings is 1. The second kappa shape index (κ2) is 7.51. The zero-order valence-corrected chi connectivity index (χ0v) is 11.2. The van der Waals surface area contributed by atoms with Gasteiger partial charge in [-0.25, -0.2) is 4.79 Å². The molecule has 0 spiro atoms. The van der Waals surface area contributed by atoms with Crippen LogP contribution < -0.4 is 11.1 Å². The van der Waals surface area contributed by atoms with Crippen LogP contribution in [0.15, 0.2) is 30.3 Å². The highest BCUT2D eigenvalue weighted by molar-refractivity contribution is 5.77. The number of urea groups is 1. The number of alkyl halides is 3. The molecule has 3 amide bonds. The summed E-state index contributed by atoms with van der Waals surface area (Å²) in [6.45, 7) is -1.38. The lowest BCUT2D eigenvalue weighted by Gasteiger charge is -2.23. The Morgan fingerprint density at radius 3 is 2.33 bits per heavy atom. The molecule has 0 fully saturated rings. The normalized spacial score (nSPS) is 11.0. The van der Waals surface area contributed by atoms with Crippen LogP contribution in [-0.2, 0) is 11.3 Å². The highest BCUT2D eigenvalue weighted by Gasteiger charge is 2.28. The maximum Gasteiger partial charge on any atom is 0.405 e. The maximum atomic E-state index is 12.1. The Labute approximate surface area is 119 Å². The fraction of sp³-hybridized carbons (Fsp3) is 0.385. The van der Waals surface area contributed by atoms with E-state index in [0.29, 0.717) is 0 Å². The number of nitrogens with one attached hydrogen (secondary N) is 1. The Kier molecular flexibility index (Phi) is 6.01. The third-order valence-corrected chi connectivity index (χ3v) is 2.57. The molecule has 0 radical (unpaired) electrons. The number of hydrogen-bond donors (Lipinski definition) is 2. The summed E-state index contributed by atoms with van der Waals surface area (Å²) in [5.74, 6) is -0.628. The first kappa shape index (κ1) is 16.8. The van der Waals surface area contributed by atoms with Crippen molar-refractivity contribution < 1.29 is 22.8 Å². The third-order valence-electron chi connectivity index (χ3n) is 2.57. The summed E-state index contributed by atoms with van der Waals surface area (Å²) in [6.07, 6.45) is -4.61. The molecule has 0 atom stereocenters. The van der Waals surface area contributed by atoms with Crippen molar-refractivity contribution in [1.29, 1.82) is 0 Å². The topological polar surface area (TPSA) is 75.4 Å². The fourth-order valence-corrected chi connectivity index (χ4v) is 1.59. The van der Waals surface area contributed by atoms with Crippen LogP contribution in [0.3, 0.4) is 0 Å². The smallest absolute Gasteiger partial charge is 0.370 e. The second-order valence-electron chi connectivity index (χ2n) is 4.40. The van der Waals surface area contributed by atoms with Crippen molar-refractivity contribution in [2.75, 3.05) is 13.1 Å². The minimum atomic E-state index is -4.49. The number of nitrogens with two attached hydrogens (primary N) is 1. The van der Waals surface area contributed by atoms with E-state index in [4.69, 9.17) is 5.73 Å². The Hall–Kier alpha value is -2.25. The van der Waals surface area contributed by atoms with Crippen LogP contribution in [0.4, 0.5) is 18.0 Å². The maximum absolute atomic E-state index is 12.1. The molecule has 0 bridgehead atoms. The number of primary amides is 1. The van der Waals surface area contributed by atoms with Crippen molar-refractivity contribution in [3.05, 3.63) is 35.9 Å². The molecule has 116 valence electrons. The zero-order valence-electron chi connectivity index (χ0n) is 11.2. The van der Waals surface area contributed by atoms with Crippen LogP contribution in [0.5, 0.6) is 0 Å². The monoisotopic (exact) mass is 303 g/mol. The lowest BCUT2D eigenvalue weighted by Crippen LogP contribution is -2.44. The van der Waals surface area contributed by atoms with E-state index in [1.54, 1.807) is 35.6 Å². The number of rotatable bonds is 6. The number of carbonyl (C=O) groups is 2. The van der Waals surface area contributed by atoms with Crippen molar-refractivity contribution in [2.24, 2.45) is 5.73 Å². The van der Waals surface area contributed by atoms with Gasteiger partial charge in [0.05, 0.1) is 0 Å². The molecule has 0 unspecified atom stereocenters. The number of amides is 3. The van der Waals surface area contributed by atoms with Crippen LogP contribution in [0.2, 0.25) is 0 Å². The molecule has 1 aromatic carbocycles. The van der Waals surface area contributed by atoms with Gasteiger partial charge in [-0.05, 0) is 5.56 Å². The van der Waals surface area contributed by atoms with Gasteiger partial charge >= 0.3 is 12.2 Å². The average Bonchev–Trinajstić information content (AvgIpc) is 2.41. The predicted molar refractivity (Wildman–Crippen MR) is 70.1 cm³/mol. The van der Waals surface area contributed by atoms with Crippen molar-refractivity contribution in [2.45, 2.75) is 19.1 Å². The van der Waals surface area contributed by atoms with Gasteiger partial charge in [0.25, 0.3) is 0 Å². The molecule has 5 nitrogen and oxygen atoms in total. The summed E-state index contributed by atoms with van der Waals surface area (Å²) in [5, 5.41) is 1.78. The number of carbonyl (C=O) groups excluding carboxylic acids is 2. The lowest BCUT2D eigenvalue weighted by atomic mass is 10.2. The Bertz CT molecular complexity index is 477. The highest BCUT2D eigenvalue weighted by Crippen LogP contribution is 2.13. The van der Waals surface area contributed by atoms with Crippen molar-refractivity contribution in [3.8, 4) is 0 Å². The van der Waals surface area contributed by atoms with E-state index >= 15 is 0 Å². The number of halogens is 3. The summed E-state index contributed by atoms with van der Waals surface area (Å²) in [4.78, 5) is 23.7. The summed E-state index contributed by atoms with van der Waals surface area (Å²) in [7, 11) is 0. The molecular formula is C13H16F3N3O2. The molecule has 3 N–H and O–H groups in total. The first-order valence-corrected chi connectivity index (χ1v) is 6.19. The Balaban J connectivity index is 2.67. The van der Waals surface area contributed by atoms with E-state index in [1.807, 2.05) is 0 Å². The third kappa shape index (κ3) is 7.19. The summed E-state index contributed by atoms with van der Waals surface area (Å²) >= 11 is 0. The van der Waals surface area contributed by atoms with Crippen LogP contribution in [0.25, 0.3) is 0 Å². The molecule has 1 aromatic rings. The average molecular weight is 303 g/mol. The van der Waals surface area contributed by atoms with Gasteiger partial charge in [0.15, 0.2) is 0 Å². The molecule has 1 rings (SSSR count). The number of nitrogens with zero attached hydrogens (tertiary/aromatic N) is 1. The predicted octanol–water partition coefficient (Wildman–Crippen LogP) is 1.64. The van der Waals surface area contributed by atoms with Crippen LogP contribution in [-0.4, -0.2) is 36.1 Å². The largest absolute Gasteiger partial charge is 0.405 e. The first-order valence-electron chi connectivity index (χ1n) is 6.19. The minimum Gasteiger partial charge on any atom is -0.370 e. The first-order chi connectivity index (χ1) is 9.78. The van der Waals surface area contributed by atoms with Crippen molar-refractivity contribution in [3.63, 3.8) is 0 Å². The molecule has 0 aliphatic rings. The molecule has 0 saturated heterocycles. The van der Waals surface area contributed by atoms with Crippen LogP contribution in [0.1, 0.15) is 12.0 Å². The van der Waals surface area contributed by atoms with E-state index in [-0.39, 0.29) is 19.5 Å². The van der Waals surface area contributed by atoms with Gasteiger partial charge in [0.1, 0.15) is 6.54 Å². The van der Waals surface area contributed by atoms with Gasteiger partial charge in [-0.1, -0.05) is 30.3 Å². The van der Waals surface area contributed by atoms with Crippen molar-refractivity contribution in [1.82, 2.24) is 10.2 Å². The van der Waals surface area contributed by atoms with Crippen molar-refractivity contribution >= 4 is 11.9 Å². The van der Waals surface area contributed by atoms with E-state index in [0.717, 1.165) is 10.5 Å². The van der Waals surface area contributed by atoms with E-state index in [2.05, 4.69) is 0 Å². The van der Waals surface area contributed by atoms with E-state index in [1.165, 1.54) is 0 Å². The standard InChI is InChI=1S/C13H16F3N3O2/c14-13(15,16)9-18-12(21)19(7-6-11(17)20)8-10-4-2-1-3-5-10/h1-5H,6-9H2,(H2,17,20)(H,18,21). The van der Waals surface area contributed by atoms with Gasteiger partial charge in [-0.2, -0.15) is 13.2 Å². The zero-order chi connectivity index (χ0) is 15.9. The van der Waals surface area contributed by atoms with Crippen LogP contribution in [0, 0.1) is 0 Å². The Morgan fingerprint density at radius 1 is 1.19 bits per heavy atom. The molecular weight excluding hydrogens is 287 g/mol. The highest BCUT2D eigenvalue weighted by atomic mass is 19.4. The molecule has 21 heavy (non-hydrogen) atoms. The van der Waals surface area contributed by atoms with Gasteiger partial charge < -0.3 is 16.0 Å². The summed E-state index contributed by atoms with van der Waals surface area (Å²) < 4.78 is 36.3. The summed E-state index contributed by atoms with van der Waals surface area (Å²) in [5.41, 5.74) is 5.74. The van der Waals surface area contributed by atoms with Gasteiger partial charge in [-0.15, -0.1) is 0 Å². The summed E-state index contributed by atoms with van der Waals surface area (Å²) in [6, 6.07) is 7.84. The number of hydrogen-bond acceptors (Lipinski definition) is 2. The van der Waals surface area contributed by atoms with Gasteiger partial charge in [0, 0.05) is 19.5 Å². The molecule has 0 aliphatic heterocycles. The van der Waals surface area contributed by atoms with Gasteiger partial charge in [-0.3, -0.25) is 4.79 Å². The minimum absolute atomic E-state index is 0.0477. The quantitative estimate of drug-likeness (QED) is 0.838. The molecule has 0 aromatic heterocycles. The molecule has 0 heterocycles. The lowest BCUT2D eigenvalue weighted by molar-refractivity contribution is -0.123. The Morgan fingerprint density at radius 2 is 1.81 bits per heavy atom. The fourth-order valence-electron chi connectivity index (χ4n) is 1.59. The molecule has 0 saturated carbocycles. The second-order valence-corrected chi connectivity index (χ2v) is 4.40. The van der Waals surface area contributed by atoms with Crippen LogP contribution >= 0.6 is 0 Å². The van der Waals surface area contributed by atoms with E-state index < -0.39 is 24.7 Å². The molecule has 8 heteroatoms.